The molecule has 1 nitrogen and oxygen atoms in total. The maximum atomic E-state index is 12.1. The monoisotopic (exact) mass is 335 g/mol. The molecule has 0 aliphatic rings. The molecule has 0 amide bonds. The van der Waals surface area contributed by atoms with Crippen molar-refractivity contribution in [3.05, 3.63) is 29.8 Å². The molecule has 114 valence electrons. The van der Waals surface area contributed by atoms with Crippen LogP contribution in [0.5, 0.6) is 0 Å². The molecule has 1 N–H and O–H groups in total. The van der Waals surface area contributed by atoms with Gasteiger partial charge in [-0.2, -0.15) is 26.3 Å². The van der Waals surface area contributed by atoms with Crippen molar-refractivity contribution in [2.75, 3.05) is 12.3 Å². The molecular formula is C11H11F6NS2. The van der Waals surface area contributed by atoms with Crippen molar-refractivity contribution < 1.29 is 26.3 Å². The molecule has 1 aromatic rings. The highest BCUT2D eigenvalue weighted by Crippen LogP contribution is 2.36. The zero-order valence-corrected chi connectivity index (χ0v) is 11.6. The highest BCUT2D eigenvalue weighted by molar-refractivity contribution is 8.00. The quantitative estimate of drug-likeness (QED) is 0.462. The summed E-state index contributed by atoms with van der Waals surface area (Å²) < 4.78 is 71.7. The third-order valence-corrected chi connectivity index (χ3v) is 3.51. The first-order valence-electron chi connectivity index (χ1n) is 5.42. The molecule has 0 unspecified atom stereocenters. The maximum absolute atomic E-state index is 12.1. The van der Waals surface area contributed by atoms with Crippen LogP contribution in [0.3, 0.4) is 0 Å². The van der Waals surface area contributed by atoms with Crippen LogP contribution in [0.4, 0.5) is 26.3 Å². The lowest BCUT2D eigenvalue weighted by Crippen LogP contribution is -2.18. The molecular weight excluding hydrogens is 324 g/mol. The Bertz CT molecular complexity index is 401. The second-order valence-corrected chi connectivity index (χ2v) is 5.96. The number of thioether (sulfide) groups is 2. The fourth-order valence-corrected chi connectivity index (χ4v) is 2.30. The van der Waals surface area contributed by atoms with Crippen molar-refractivity contribution >= 4 is 23.5 Å². The number of nitrogens with one attached hydrogen (secondary N) is 1. The molecule has 1 rings (SSSR count). The van der Waals surface area contributed by atoms with Crippen LogP contribution in [-0.2, 0) is 6.54 Å². The topological polar surface area (TPSA) is 12.0 Å². The van der Waals surface area contributed by atoms with E-state index in [-0.39, 0.29) is 40.7 Å². The van der Waals surface area contributed by atoms with E-state index < -0.39 is 11.0 Å². The van der Waals surface area contributed by atoms with Crippen molar-refractivity contribution in [2.24, 2.45) is 0 Å². The van der Waals surface area contributed by atoms with Gasteiger partial charge in [0.2, 0.25) is 0 Å². The SMILES string of the molecule is FC(F)(F)SCCNCc1ccc(SC(F)(F)F)cc1. The third-order valence-electron chi connectivity index (χ3n) is 2.03. The van der Waals surface area contributed by atoms with Gasteiger partial charge in [0.1, 0.15) is 0 Å². The van der Waals surface area contributed by atoms with Gasteiger partial charge in [-0.1, -0.05) is 12.1 Å². The minimum atomic E-state index is -4.32. The molecule has 0 atom stereocenters. The van der Waals surface area contributed by atoms with Crippen LogP contribution < -0.4 is 5.32 Å². The summed E-state index contributed by atoms with van der Waals surface area (Å²) in [5.74, 6) is -0.106. The molecule has 1 aromatic carbocycles. The van der Waals surface area contributed by atoms with E-state index in [0.29, 0.717) is 12.1 Å². The minimum absolute atomic E-state index is 0.0777. The lowest BCUT2D eigenvalue weighted by Gasteiger charge is -2.08. The van der Waals surface area contributed by atoms with Crippen LogP contribution in [0, 0.1) is 0 Å². The smallest absolute Gasteiger partial charge is 0.312 e. The van der Waals surface area contributed by atoms with E-state index in [1.165, 1.54) is 24.3 Å². The number of alkyl halides is 6. The second kappa shape index (κ2) is 7.46. The van der Waals surface area contributed by atoms with Crippen LogP contribution in [0.1, 0.15) is 5.56 Å². The summed E-state index contributed by atoms with van der Waals surface area (Å²) in [6.45, 7) is 0.485. The largest absolute Gasteiger partial charge is 0.446 e. The van der Waals surface area contributed by atoms with Gasteiger partial charge in [-0.05, 0) is 41.2 Å². The summed E-state index contributed by atoms with van der Waals surface area (Å²) in [5.41, 5.74) is -7.85. The van der Waals surface area contributed by atoms with Crippen molar-refractivity contribution in [1.82, 2.24) is 5.32 Å². The van der Waals surface area contributed by atoms with Gasteiger partial charge in [0, 0.05) is 23.7 Å². The highest BCUT2D eigenvalue weighted by Gasteiger charge is 2.29. The van der Waals surface area contributed by atoms with Gasteiger partial charge in [-0.25, -0.2) is 0 Å². The summed E-state index contributed by atoms with van der Waals surface area (Å²) in [7, 11) is 0. The highest BCUT2D eigenvalue weighted by atomic mass is 32.2. The van der Waals surface area contributed by atoms with Crippen LogP contribution in [-0.4, -0.2) is 23.3 Å². The van der Waals surface area contributed by atoms with E-state index in [1.54, 1.807) is 0 Å². The average molecular weight is 335 g/mol. The molecule has 0 aliphatic heterocycles. The van der Waals surface area contributed by atoms with E-state index in [1.807, 2.05) is 0 Å². The van der Waals surface area contributed by atoms with Crippen LogP contribution in [0.15, 0.2) is 29.2 Å². The zero-order chi connectivity index (χ0) is 15.2. The predicted octanol–water partition coefficient (Wildman–Crippen LogP) is 4.64. The van der Waals surface area contributed by atoms with Crippen LogP contribution >= 0.6 is 23.5 Å². The third kappa shape index (κ3) is 8.60. The number of rotatable bonds is 6. The molecule has 0 heterocycles. The average Bonchev–Trinajstić information content (AvgIpc) is 2.27. The van der Waals surface area contributed by atoms with Crippen molar-refractivity contribution in [2.45, 2.75) is 22.5 Å². The summed E-state index contributed by atoms with van der Waals surface area (Å²) in [4.78, 5) is 0.0777. The Morgan fingerprint density at radius 3 is 2.00 bits per heavy atom. The Labute approximate surface area is 120 Å². The normalized spacial score (nSPS) is 12.7. The first-order valence-corrected chi connectivity index (χ1v) is 7.22. The van der Waals surface area contributed by atoms with Crippen molar-refractivity contribution in [1.29, 1.82) is 0 Å². The van der Waals surface area contributed by atoms with Gasteiger partial charge >= 0.3 is 11.0 Å². The molecule has 0 saturated carbocycles. The number of hydrogen-bond donors (Lipinski definition) is 1. The van der Waals surface area contributed by atoms with Crippen molar-refractivity contribution in [3.63, 3.8) is 0 Å². The van der Waals surface area contributed by atoms with Gasteiger partial charge < -0.3 is 5.32 Å². The van der Waals surface area contributed by atoms with Gasteiger partial charge in [-0.15, -0.1) is 0 Å². The molecule has 0 spiro atoms. The van der Waals surface area contributed by atoms with Crippen LogP contribution in [0.2, 0.25) is 0 Å². The Morgan fingerprint density at radius 1 is 0.900 bits per heavy atom. The molecule has 0 radical (unpaired) electrons. The molecule has 0 fully saturated rings. The Balaban J connectivity index is 2.28. The van der Waals surface area contributed by atoms with Gasteiger partial charge in [0.25, 0.3) is 0 Å². The van der Waals surface area contributed by atoms with E-state index in [9.17, 15) is 26.3 Å². The van der Waals surface area contributed by atoms with E-state index in [0.717, 1.165) is 0 Å². The first-order chi connectivity index (χ1) is 9.16. The Kier molecular flexibility index (Phi) is 6.53. The molecule has 0 aliphatic carbocycles. The van der Waals surface area contributed by atoms with Gasteiger partial charge in [0.15, 0.2) is 0 Å². The summed E-state index contributed by atoms with van der Waals surface area (Å²) >= 11 is -0.318. The molecule has 0 bridgehead atoms. The number of hydrogen-bond acceptors (Lipinski definition) is 3. The van der Waals surface area contributed by atoms with E-state index >= 15 is 0 Å². The second-order valence-electron chi connectivity index (χ2n) is 3.66. The minimum Gasteiger partial charge on any atom is -0.312 e. The zero-order valence-electron chi connectivity index (χ0n) is 10.0. The van der Waals surface area contributed by atoms with Crippen molar-refractivity contribution in [3.8, 4) is 0 Å². The van der Waals surface area contributed by atoms with E-state index in [2.05, 4.69) is 5.32 Å². The molecule has 9 heteroatoms. The fourth-order valence-electron chi connectivity index (χ4n) is 1.28. The Morgan fingerprint density at radius 2 is 1.50 bits per heavy atom. The maximum Gasteiger partial charge on any atom is 0.446 e. The summed E-state index contributed by atoms with van der Waals surface area (Å²) in [5, 5.41) is 2.79. The van der Waals surface area contributed by atoms with Gasteiger partial charge in [-0.3, -0.25) is 0 Å². The van der Waals surface area contributed by atoms with Crippen LogP contribution in [0.25, 0.3) is 0 Å². The lowest BCUT2D eigenvalue weighted by atomic mass is 10.2. The summed E-state index contributed by atoms with van der Waals surface area (Å²) in [6, 6.07) is 5.69. The fraction of sp³-hybridized carbons (Fsp3) is 0.455. The van der Waals surface area contributed by atoms with Gasteiger partial charge in [0.05, 0.1) is 0 Å². The lowest BCUT2D eigenvalue weighted by molar-refractivity contribution is -0.0336. The molecule has 20 heavy (non-hydrogen) atoms. The standard InChI is InChI=1S/C11H11F6NS2/c12-10(13,14)19-6-5-18-7-8-1-3-9(4-2-8)20-11(15,16)17/h1-4,18H,5-7H2. The number of benzene rings is 1. The molecule has 0 saturated heterocycles. The first kappa shape index (κ1) is 17.5. The number of halogens is 6. The molecule has 0 aromatic heterocycles. The van der Waals surface area contributed by atoms with E-state index in [4.69, 9.17) is 0 Å². The predicted molar refractivity (Wildman–Crippen MR) is 68.6 cm³/mol. The summed E-state index contributed by atoms with van der Waals surface area (Å²) in [6.07, 6.45) is 0. The Hall–Kier alpha value is -0.540.